The molecule has 0 aromatic carbocycles. The van der Waals surface area contributed by atoms with Crippen LogP contribution < -0.4 is 29.6 Å². The molecule has 0 aromatic heterocycles. The van der Waals surface area contributed by atoms with Gasteiger partial charge < -0.3 is 14.9 Å². The summed E-state index contributed by atoms with van der Waals surface area (Å²) < 4.78 is 0. The molecule has 0 radical (unpaired) electrons. The molecule has 2 aliphatic rings. The molecule has 1 saturated heterocycles. The summed E-state index contributed by atoms with van der Waals surface area (Å²) in [5, 5.41) is 3.46. The second-order valence-corrected chi connectivity index (χ2v) is 3.29. The van der Waals surface area contributed by atoms with Gasteiger partial charge in [-0.15, -0.1) is 0 Å². The van der Waals surface area contributed by atoms with E-state index in [2.05, 4.69) is 5.32 Å². The van der Waals surface area contributed by atoms with Gasteiger partial charge in [0.25, 0.3) is 0 Å². The van der Waals surface area contributed by atoms with Crippen molar-refractivity contribution in [1.29, 1.82) is 0 Å². The predicted molar refractivity (Wildman–Crippen MR) is 38.8 cm³/mol. The molecule has 2 atom stereocenters. The topological polar surface area (TPSA) is 48.2 Å². The number of carbonyl (C=O) groups excluding carboxylic acids is 2. The van der Waals surface area contributed by atoms with Crippen molar-refractivity contribution < 1.29 is 39.1 Å². The number of nitrogens with zero attached hydrogens (tertiary/aromatic N) is 1. The van der Waals surface area contributed by atoms with Crippen LogP contribution in [0.2, 0.25) is 0 Å². The number of rotatable bonds is 0. The van der Waals surface area contributed by atoms with Gasteiger partial charge in [-0.05, 0) is 12.8 Å². The third-order valence-electron chi connectivity index (χ3n) is 2.62. The molecule has 4 heteroatoms. The van der Waals surface area contributed by atoms with E-state index in [9.17, 15) is 9.59 Å². The van der Waals surface area contributed by atoms with E-state index in [-0.39, 0.29) is 53.2 Å². The van der Waals surface area contributed by atoms with Crippen molar-refractivity contribution in [3.63, 3.8) is 0 Å². The Kier molecular flexibility index (Phi) is 3.32. The summed E-state index contributed by atoms with van der Waals surface area (Å²) in [6.07, 6.45) is 3.91. The van der Waals surface area contributed by atoms with Gasteiger partial charge in [0, 0.05) is 11.8 Å². The van der Waals surface area contributed by atoms with Gasteiger partial charge in [-0.2, -0.15) is 0 Å². The summed E-state index contributed by atoms with van der Waals surface area (Å²) >= 11 is 0. The predicted octanol–water partition coefficient (Wildman–Crippen LogP) is -1.76. The largest absolute Gasteiger partial charge is 1.00 e. The van der Waals surface area contributed by atoms with Crippen LogP contribution in [0, 0.1) is 11.8 Å². The maximum atomic E-state index is 11.0. The molecule has 0 bridgehead atoms. The van der Waals surface area contributed by atoms with Gasteiger partial charge >= 0.3 is 29.6 Å². The Morgan fingerprint density at radius 2 is 1.42 bits per heavy atom. The van der Waals surface area contributed by atoms with Gasteiger partial charge in [0.2, 0.25) is 0 Å². The maximum Gasteiger partial charge on any atom is 1.00 e. The first-order chi connectivity index (χ1) is 5.29. The molecule has 0 N–H and O–H groups in total. The van der Waals surface area contributed by atoms with Crippen LogP contribution in [0.25, 0.3) is 5.32 Å². The average Bonchev–Trinajstić information content (AvgIpc) is 2.30. The van der Waals surface area contributed by atoms with Crippen LogP contribution in [0.1, 0.15) is 25.7 Å². The summed E-state index contributed by atoms with van der Waals surface area (Å²) in [5.74, 6) is -0.424. The number of fused-ring (bicyclic) bond motifs is 1. The van der Waals surface area contributed by atoms with Crippen molar-refractivity contribution in [3.05, 3.63) is 5.32 Å². The van der Waals surface area contributed by atoms with Crippen LogP contribution >= 0.6 is 0 Å². The van der Waals surface area contributed by atoms with E-state index in [1.165, 1.54) is 0 Å². The third-order valence-corrected chi connectivity index (χ3v) is 2.62. The molecular formula is C8H10NNaO2. The molecule has 3 nitrogen and oxygen atoms in total. The monoisotopic (exact) mass is 175 g/mol. The van der Waals surface area contributed by atoms with E-state index in [0.29, 0.717) is 0 Å². The van der Waals surface area contributed by atoms with Crippen molar-refractivity contribution in [1.82, 2.24) is 0 Å². The maximum absolute atomic E-state index is 11.0. The Morgan fingerprint density at radius 1 is 1.00 bits per heavy atom. The minimum atomic E-state index is -0.167. The SMILES string of the molecule is O=C1[N-]C(=O)C2CCCCC12.[Na+]. The zero-order chi connectivity index (χ0) is 7.84. The average molecular weight is 175 g/mol. The summed E-state index contributed by atoms with van der Waals surface area (Å²) in [6, 6.07) is 0. The normalized spacial score (nSPS) is 33.7. The van der Waals surface area contributed by atoms with E-state index >= 15 is 0 Å². The van der Waals surface area contributed by atoms with Gasteiger partial charge in [-0.1, -0.05) is 12.8 Å². The molecule has 60 valence electrons. The summed E-state index contributed by atoms with van der Waals surface area (Å²) in [6.45, 7) is 0. The summed E-state index contributed by atoms with van der Waals surface area (Å²) in [7, 11) is 0. The smallest absolute Gasteiger partial charge is 0.595 e. The molecule has 2 fully saturated rings. The van der Waals surface area contributed by atoms with Crippen LogP contribution in [-0.2, 0) is 9.59 Å². The number of amides is 2. The first kappa shape index (κ1) is 10.2. The van der Waals surface area contributed by atoms with Gasteiger partial charge in [-0.3, -0.25) is 0 Å². The second kappa shape index (κ2) is 3.90. The Hall–Kier alpha value is 0.140. The molecule has 12 heavy (non-hydrogen) atoms. The van der Waals surface area contributed by atoms with E-state index in [4.69, 9.17) is 0 Å². The van der Waals surface area contributed by atoms with E-state index in [1.54, 1.807) is 0 Å². The van der Waals surface area contributed by atoms with Crippen LogP contribution in [0.5, 0.6) is 0 Å². The van der Waals surface area contributed by atoms with Crippen LogP contribution in [0.15, 0.2) is 0 Å². The number of carbonyl (C=O) groups is 2. The van der Waals surface area contributed by atoms with Crippen LogP contribution in [-0.4, -0.2) is 11.8 Å². The zero-order valence-corrected chi connectivity index (χ0v) is 9.25. The second-order valence-electron chi connectivity index (χ2n) is 3.29. The van der Waals surface area contributed by atoms with Crippen molar-refractivity contribution in [2.45, 2.75) is 25.7 Å². The standard InChI is InChI=1S/C8H11NO2.Na/c10-7-5-3-1-2-4-6(5)8(11)9-7;/h5-6H,1-4H2,(H,9,10,11);/q;+1/p-1. The Labute approximate surface area is 93.6 Å². The number of imide groups is 1. The van der Waals surface area contributed by atoms with E-state index in [1.807, 2.05) is 0 Å². The fourth-order valence-electron chi connectivity index (χ4n) is 2.00. The number of hydrogen-bond acceptors (Lipinski definition) is 2. The minimum absolute atomic E-state index is 0. The van der Waals surface area contributed by atoms with E-state index < -0.39 is 0 Å². The molecule has 1 aliphatic heterocycles. The summed E-state index contributed by atoms with van der Waals surface area (Å²) in [4.78, 5) is 22.1. The quantitative estimate of drug-likeness (QED) is 0.323. The van der Waals surface area contributed by atoms with Crippen molar-refractivity contribution >= 4 is 11.8 Å². The molecule has 1 aliphatic carbocycles. The fraction of sp³-hybridized carbons (Fsp3) is 0.750. The van der Waals surface area contributed by atoms with E-state index in [0.717, 1.165) is 25.7 Å². The number of hydrogen-bond donors (Lipinski definition) is 0. The Bertz CT molecular complexity index is 195. The molecule has 1 heterocycles. The molecule has 2 rings (SSSR count). The molecule has 0 aromatic rings. The van der Waals surface area contributed by atoms with Crippen molar-refractivity contribution in [2.24, 2.45) is 11.8 Å². The first-order valence-electron chi connectivity index (χ1n) is 4.08. The molecular weight excluding hydrogens is 165 g/mol. The zero-order valence-electron chi connectivity index (χ0n) is 7.25. The van der Waals surface area contributed by atoms with Crippen molar-refractivity contribution in [2.75, 3.05) is 0 Å². The van der Waals surface area contributed by atoms with Crippen LogP contribution in [0.3, 0.4) is 0 Å². The molecule has 0 spiro atoms. The Morgan fingerprint density at radius 3 is 1.83 bits per heavy atom. The van der Waals surface area contributed by atoms with Gasteiger partial charge in [0.15, 0.2) is 0 Å². The van der Waals surface area contributed by atoms with Gasteiger partial charge in [0.05, 0.1) is 11.8 Å². The molecule has 2 unspecified atom stereocenters. The fourth-order valence-corrected chi connectivity index (χ4v) is 2.00. The van der Waals surface area contributed by atoms with Gasteiger partial charge in [0.1, 0.15) is 0 Å². The molecule has 2 amide bonds. The Balaban J connectivity index is 0.000000720. The van der Waals surface area contributed by atoms with Crippen molar-refractivity contribution in [3.8, 4) is 0 Å². The minimum Gasteiger partial charge on any atom is -0.595 e. The van der Waals surface area contributed by atoms with Gasteiger partial charge in [-0.25, -0.2) is 0 Å². The first-order valence-corrected chi connectivity index (χ1v) is 4.08. The molecule has 1 saturated carbocycles. The third kappa shape index (κ3) is 1.58. The van der Waals surface area contributed by atoms with Crippen LogP contribution in [0.4, 0.5) is 0 Å². The summed E-state index contributed by atoms with van der Waals surface area (Å²) in [5.41, 5.74) is 0.